The van der Waals surface area contributed by atoms with Gasteiger partial charge in [-0.25, -0.2) is 9.36 Å². The summed E-state index contributed by atoms with van der Waals surface area (Å²) >= 11 is 0. The average Bonchev–Trinajstić information content (AvgIpc) is 2.93. The van der Waals surface area contributed by atoms with Gasteiger partial charge in [-0.1, -0.05) is 0 Å². The summed E-state index contributed by atoms with van der Waals surface area (Å²) in [6.07, 6.45) is -24.9. The fourth-order valence-electron chi connectivity index (χ4n) is 4.75. The lowest BCUT2D eigenvalue weighted by atomic mass is 9.89. The van der Waals surface area contributed by atoms with Crippen LogP contribution >= 0.6 is 7.82 Å². The number of carbonyl (C=O) groups is 1. The second-order valence-corrected chi connectivity index (χ2v) is 11.4. The van der Waals surface area contributed by atoms with E-state index in [1.165, 1.54) is 0 Å². The van der Waals surface area contributed by atoms with Crippen molar-refractivity contribution in [3.63, 3.8) is 0 Å². The predicted molar refractivity (Wildman–Crippen MR) is 129 cm³/mol. The first-order chi connectivity index (χ1) is 19.8. The molecule has 0 amide bonds. The van der Waals surface area contributed by atoms with Crippen molar-refractivity contribution >= 4 is 13.8 Å². The van der Waals surface area contributed by atoms with E-state index in [9.17, 15) is 65.1 Å². The van der Waals surface area contributed by atoms with Gasteiger partial charge in [0.05, 0.1) is 31.9 Å². The molecular formula is C20H37N2O20P. The Balaban J connectivity index is 1.81. The summed E-state index contributed by atoms with van der Waals surface area (Å²) in [5, 5.41) is 101. The first kappa shape index (κ1) is 36.4. The van der Waals surface area contributed by atoms with Crippen LogP contribution in [0, 0.1) is 0 Å². The smallest absolute Gasteiger partial charge is 0.470 e. The third-order valence-corrected chi connectivity index (χ3v) is 7.70. The molecule has 3 aliphatic rings. The molecule has 3 rings (SSSR count). The Morgan fingerprint density at radius 2 is 1.49 bits per heavy atom. The lowest BCUT2D eigenvalue weighted by Crippen LogP contribution is -2.71. The molecule has 0 saturated carbocycles. The molecule has 16 N–H and O–H groups in total. The highest BCUT2D eigenvalue weighted by molar-refractivity contribution is 7.46. The first-order valence-electron chi connectivity index (χ1n) is 12.6. The molecule has 3 aliphatic heterocycles. The number of hydrogen-bond acceptors (Lipinski definition) is 19. The van der Waals surface area contributed by atoms with E-state index in [1.807, 2.05) is 0 Å². The molecule has 0 spiro atoms. The zero-order valence-electron chi connectivity index (χ0n) is 22.0. The number of phosphoric acid groups is 1. The maximum absolute atomic E-state index is 11.9. The highest BCUT2D eigenvalue weighted by atomic mass is 31.2. The van der Waals surface area contributed by atoms with E-state index >= 15 is 0 Å². The fraction of sp³-hybridized carbons (Fsp3) is 0.950. The second-order valence-electron chi connectivity index (χ2n) is 10.2. The van der Waals surface area contributed by atoms with Crippen LogP contribution in [-0.2, 0) is 37.6 Å². The van der Waals surface area contributed by atoms with Gasteiger partial charge < -0.3 is 96.0 Å². The van der Waals surface area contributed by atoms with Crippen LogP contribution in [0.5, 0.6) is 0 Å². The van der Waals surface area contributed by atoms with Gasteiger partial charge in [-0.15, -0.1) is 0 Å². The summed E-state index contributed by atoms with van der Waals surface area (Å²) < 4.78 is 42.3. The van der Waals surface area contributed by atoms with Crippen molar-refractivity contribution in [2.75, 3.05) is 19.8 Å². The molecule has 3 saturated heterocycles. The number of hydrogen-bond donors (Lipinski definition) is 14. The third-order valence-electron chi connectivity index (χ3n) is 7.18. The Morgan fingerprint density at radius 1 is 0.884 bits per heavy atom. The van der Waals surface area contributed by atoms with E-state index in [4.69, 9.17) is 40.3 Å². The van der Waals surface area contributed by atoms with Crippen LogP contribution in [0.3, 0.4) is 0 Å². The number of carboxylic acids is 1. The number of rotatable bonds is 11. The maximum atomic E-state index is 11.9. The Hall–Kier alpha value is -1.06. The van der Waals surface area contributed by atoms with Crippen molar-refractivity contribution in [3.05, 3.63) is 0 Å². The number of ether oxygens (including phenoxy) is 5. The van der Waals surface area contributed by atoms with Gasteiger partial charge >= 0.3 is 13.8 Å². The van der Waals surface area contributed by atoms with Crippen molar-refractivity contribution < 1.29 is 98.4 Å². The van der Waals surface area contributed by atoms with Crippen LogP contribution < -0.4 is 11.5 Å². The summed E-state index contributed by atoms with van der Waals surface area (Å²) in [6.45, 7) is -2.80. The molecule has 252 valence electrons. The van der Waals surface area contributed by atoms with Crippen molar-refractivity contribution in [1.82, 2.24) is 0 Å². The van der Waals surface area contributed by atoms with Gasteiger partial charge in [0.1, 0.15) is 61.0 Å². The van der Waals surface area contributed by atoms with Gasteiger partial charge in [-0.2, -0.15) is 0 Å². The quantitative estimate of drug-likeness (QED) is 0.0917. The second kappa shape index (κ2) is 14.1. The highest BCUT2D eigenvalue weighted by Crippen LogP contribution is 2.42. The van der Waals surface area contributed by atoms with E-state index in [0.29, 0.717) is 0 Å². The Morgan fingerprint density at radius 3 is 2.05 bits per heavy atom. The monoisotopic (exact) mass is 656 g/mol. The van der Waals surface area contributed by atoms with Gasteiger partial charge in [0.25, 0.3) is 5.79 Å². The molecule has 0 unspecified atom stereocenters. The van der Waals surface area contributed by atoms with Crippen molar-refractivity contribution in [2.45, 2.75) is 97.6 Å². The van der Waals surface area contributed by atoms with Gasteiger partial charge in [-0.05, 0) is 0 Å². The third kappa shape index (κ3) is 7.85. The minimum absolute atomic E-state index is 0.667. The average molecular weight is 656 g/mol. The van der Waals surface area contributed by atoms with E-state index in [2.05, 4.69) is 4.52 Å². The maximum Gasteiger partial charge on any atom is 0.470 e. The van der Waals surface area contributed by atoms with Crippen LogP contribution in [0.15, 0.2) is 0 Å². The first-order valence-corrected chi connectivity index (χ1v) is 14.2. The molecule has 0 aromatic heterocycles. The normalized spacial score (nSPS) is 46.8. The minimum Gasteiger partial charge on any atom is -0.477 e. The molecule has 0 aliphatic carbocycles. The number of nitrogens with two attached hydrogens (primary N) is 2. The molecule has 3 heterocycles. The molecule has 0 aromatic rings. The summed E-state index contributed by atoms with van der Waals surface area (Å²) in [7, 11) is -5.38. The van der Waals surface area contributed by atoms with Crippen molar-refractivity contribution in [3.8, 4) is 0 Å². The molecule has 16 atom stereocenters. The zero-order chi connectivity index (χ0) is 32.6. The molecule has 0 radical (unpaired) electrons. The lowest BCUT2D eigenvalue weighted by molar-refractivity contribution is -0.359. The van der Waals surface area contributed by atoms with Crippen LogP contribution in [0.25, 0.3) is 0 Å². The minimum atomic E-state index is -5.38. The van der Waals surface area contributed by atoms with E-state index in [0.717, 1.165) is 0 Å². The molecule has 3 fully saturated rings. The van der Waals surface area contributed by atoms with E-state index < -0.39 is 131 Å². The van der Waals surface area contributed by atoms with Crippen LogP contribution in [-0.4, -0.2) is 184 Å². The van der Waals surface area contributed by atoms with Crippen LogP contribution in [0.2, 0.25) is 0 Å². The van der Waals surface area contributed by atoms with Gasteiger partial charge in [0.15, 0.2) is 18.7 Å². The Labute approximate surface area is 241 Å². The molecule has 22 nitrogen and oxygen atoms in total. The number of aliphatic carboxylic acids is 1. The standard InChI is InChI=1S/C20H37N2O20P/c21-7-10(26)9(25)5(39-17(7)30)2-38-18-8(22)11(27)15(42-43(34,35)36)6(40-18)3-37-16-13(29)12(28)14(4(24)1-23)41-20(16,33)19(31)32/h4-18,23-30,33H,1-3,21-22H2,(H,31,32)(H2,34,35,36)/t4-,5-,6-,7-,8-,9-,10+,11-,12-,13+,14-,15-,16-,17+,18-,20-/m1/s1. The van der Waals surface area contributed by atoms with Crippen molar-refractivity contribution in [2.24, 2.45) is 11.5 Å². The molecule has 0 bridgehead atoms. The fourth-order valence-corrected chi connectivity index (χ4v) is 5.33. The lowest BCUT2D eigenvalue weighted by Gasteiger charge is -2.47. The Kier molecular flexibility index (Phi) is 12.0. The number of phosphoric ester groups is 1. The topological polar surface area (TPSA) is 384 Å². The van der Waals surface area contributed by atoms with E-state index in [-0.39, 0.29) is 0 Å². The SMILES string of the molecule is N[C@@H]1[C@H](O)[C@H](O)[C@@H](CO[C@@H]2O[C@H](CO[C@@H]3[C@@H](O)[C@@H](O)[C@@H]([C@H](O)CO)O[C@@]3(O)C(=O)O)[C@@H](OP(=O)(O)O)[C@H](O)[C@H]2N)O[C@@H]1O. The van der Waals surface area contributed by atoms with Gasteiger partial charge in [0, 0.05) is 0 Å². The van der Waals surface area contributed by atoms with Gasteiger partial charge in [-0.3, -0.25) is 4.52 Å². The molecule has 43 heavy (non-hydrogen) atoms. The highest BCUT2D eigenvalue weighted by Gasteiger charge is 2.61. The largest absolute Gasteiger partial charge is 0.477 e. The number of aliphatic hydroxyl groups excluding tert-OH is 8. The van der Waals surface area contributed by atoms with Crippen LogP contribution in [0.4, 0.5) is 0 Å². The predicted octanol–water partition coefficient (Wildman–Crippen LogP) is -8.71. The zero-order valence-corrected chi connectivity index (χ0v) is 22.9. The summed E-state index contributed by atoms with van der Waals surface area (Å²) in [4.78, 5) is 30.5. The molecular weight excluding hydrogens is 619 g/mol. The Bertz CT molecular complexity index is 992. The molecule has 0 aromatic carbocycles. The van der Waals surface area contributed by atoms with Gasteiger partial charge in [0.2, 0.25) is 0 Å². The summed E-state index contributed by atoms with van der Waals surface area (Å²) in [5.41, 5.74) is 11.4. The summed E-state index contributed by atoms with van der Waals surface area (Å²) in [6, 6.07) is -3.00. The van der Waals surface area contributed by atoms with Crippen molar-refractivity contribution in [1.29, 1.82) is 0 Å². The number of aliphatic hydroxyl groups is 9. The number of carboxylic acid groups (broad SMARTS) is 1. The summed E-state index contributed by atoms with van der Waals surface area (Å²) in [5.74, 6) is -5.65. The molecule has 23 heteroatoms. The van der Waals surface area contributed by atoms with E-state index in [1.54, 1.807) is 0 Å². The van der Waals surface area contributed by atoms with Crippen LogP contribution in [0.1, 0.15) is 0 Å².